The van der Waals surface area contributed by atoms with Gasteiger partial charge in [0.15, 0.2) is 0 Å². The minimum atomic E-state index is 0.719. The van der Waals surface area contributed by atoms with Crippen molar-refractivity contribution in [1.29, 1.82) is 0 Å². The lowest BCUT2D eigenvalue weighted by atomic mass is 10.2. The van der Waals surface area contributed by atoms with Gasteiger partial charge < -0.3 is 9.64 Å². The molecule has 0 aliphatic carbocycles. The smallest absolute Gasteiger partial charge is 0.217 e. The summed E-state index contributed by atoms with van der Waals surface area (Å²) >= 11 is 5.81. The fourth-order valence-electron chi connectivity index (χ4n) is 2.49. The highest BCUT2D eigenvalue weighted by molar-refractivity contribution is 6.18. The van der Waals surface area contributed by atoms with Crippen LogP contribution in [0.3, 0.4) is 0 Å². The number of hydrogen-bond donors (Lipinski definition) is 0. The van der Waals surface area contributed by atoms with Crippen molar-refractivity contribution < 1.29 is 4.74 Å². The topological polar surface area (TPSA) is 28.6 Å². The quantitative estimate of drug-likeness (QED) is 0.771. The number of halogens is 1. The lowest BCUT2D eigenvalue weighted by molar-refractivity contribution is 0.254. The summed E-state index contributed by atoms with van der Waals surface area (Å²) in [5.74, 6) is 1.46. The van der Waals surface area contributed by atoms with Crippen molar-refractivity contribution in [2.24, 2.45) is 0 Å². The number of aromatic nitrogens is 1. The van der Waals surface area contributed by atoms with Gasteiger partial charge in [0.05, 0.1) is 7.11 Å². The zero-order valence-electron chi connectivity index (χ0n) is 11.5. The molecule has 5 heteroatoms. The van der Waals surface area contributed by atoms with E-state index in [-0.39, 0.29) is 0 Å². The summed E-state index contributed by atoms with van der Waals surface area (Å²) < 4.78 is 5.31. The first-order valence-corrected chi connectivity index (χ1v) is 7.35. The van der Waals surface area contributed by atoms with Crippen molar-refractivity contribution in [1.82, 2.24) is 14.8 Å². The lowest BCUT2D eigenvalue weighted by Gasteiger charge is -2.21. The predicted molar refractivity (Wildman–Crippen MR) is 77.8 cm³/mol. The first-order chi connectivity index (χ1) is 9.33. The summed E-state index contributed by atoms with van der Waals surface area (Å²) in [4.78, 5) is 9.16. The maximum atomic E-state index is 5.81. The maximum absolute atomic E-state index is 5.81. The summed E-state index contributed by atoms with van der Waals surface area (Å²) in [5, 5.41) is 0. The van der Waals surface area contributed by atoms with E-state index in [1.807, 2.05) is 6.07 Å². The van der Waals surface area contributed by atoms with E-state index in [0.29, 0.717) is 0 Å². The molecule has 2 heterocycles. The van der Waals surface area contributed by atoms with Gasteiger partial charge in [-0.15, -0.1) is 11.6 Å². The molecule has 0 aromatic carbocycles. The Morgan fingerprint density at radius 3 is 2.84 bits per heavy atom. The Morgan fingerprint density at radius 2 is 2.05 bits per heavy atom. The van der Waals surface area contributed by atoms with Gasteiger partial charge in [0.25, 0.3) is 0 Å². The Bertz CT molecular complexity index is 389. The van der Waals surface area contributed by atoms with Crippen LogP contribution in [0.4, 0.5) is 0 Å². The van der Waals surface area contributed by atoms with Crippen LogP contribution < -0.4 is 4.74 Å². The SMILES string of the molecule is COc1ncccc1CN1CCCN(CCCl)CC1. The zero-order valence-corrected chi connectivity index (χ0v) is 12.3. The maximum Gasteiger partial charge on any atom is 0.217 e. The van der Waals surface area contributed by atoms with E-state index in [0.717, 1.165) is 56.6 Å². The molecule has 1 aliphatic rings. The molecule has 1 aliphatic heterocycles. The Morgan fingerprint density at radius 1 is 1.26 bits per heavy atom. The number of pyridine rings is 1. The first kappa shape index (κ1) is 14.6. The number of methoxy groups -OCH3 is 1. The van der Waals surface area contributed by atoms with Gasteiger partial charge in [-0.2, -0.15) is 0 Å². The molecule has 0 N–H and O–H groups in total. The highest BCUT2D eigenvalue weighted by Crippen LogP contribution is 2.17. The van der Waals surface area contributed by atoms with Gasteiger partial charge in [0.1, 0.15) is 0 Å². The lowest BCUT2D eigenvalue weighted by Crippen LogP contribution is -2.31. The van der Waals surface area contributed by atoms with Crippen LogP contribution in [0.25, 0.3) is 0 Å². The van der Waals surface area contributed by atoms with Gasteiger partial charge in [-0.05, 0) is 25.6 Å². The molecule has 0 saturated carbocycles. The van der Waals surface area contributed by atoms with E-state index in [1.54, 1.807) is 13.3 Å². The second-order valence-electron chi connectivity index (χ2n) is 4.83. The molecule has 4 nitrogen and oxygen atoms in total. The average Bonchev–Trinajstić information content (AvgIpc) is 2.66. The second kappa shape index (κ2) is 7.68. The monoisotopic (exact) mass is 283 g/mol. The fraction of sp³-hybridized carbons (Fsp3) is 0.643. The highest BCUT2D eigenvalue weighted by Gasteiger charge is 2.16. The van der Waals surface area contributed by atoms with Crippen LogP contribution in [0.5, 0.6) is 5.88 Å². The Hall–Kier alpha value is -0.840. The van der Waals surface area contributed by atoms with E-state index >= 15 is 0 Å². The number of ether oxygens (including phenoxy) is 1. The molecule has 106 valence electrons. The molecular weight excluding hydrogens is 262 g/mol. The Kier molecular flexibility index (Phi) is 5.89. The fourth-order valence-corrected chi connectivity index (χ4v) is 2.73. The Labute approximate surface area is 120 Å². The van der Waals surface area contributed by atoms with Crippen LogP contribution in [0, 0.1) is 0 Å². The molecule has 19 heavy (non-hydrogen) atoms. The molecule has 1 fully saturated rings. The van der Waals surface area contributed by atoms with Crippen molar-refractivity contribution in [3.05, 3.63) is 23.9 Å². The third kappa shape index (κ3) is 4.34. The molecule has 0 spiro atoms. The van der Waals surface area contributed by atoms with Crippen LogP contribution in [-0.4, -0.2) is 60.5 Å². The summed E-state index contributed by atoms with van der Waals surface area (Å²) in [6, 6.07) is 4.06. The molecule has 1 saturated heterocycles. The normalized spacial score (nSPS) is 18.2. The van der Waals surface area contributed by atoms with Gasteiger partial charge in [-0.25, -0.2) is 4.98 Å². The van der Waals surface area contributed by atoms with E-state index in [2.05, 4.69) is 20.9 Å². The molecule has 0 amide bonds. The second-order valence-corrected chi connectivity index (χ2v) is 5.21. The van der Waals surface area contributed by atoms with Crippen LogP contribution in [0.15, 0.2) is 18.3 Å². The third-order valence-corrected chi connectivity index (χ3v) is 3.69. The molecule has 0 bridgehead atoms. The summed E-state index contributed by atoms with van der Waals surface area (Å²) in [5.41, 5.74) is 1.16. The standard InChI is InChI=1S/C14H22ClN3O/c1-19-14-13(4-2-6-16-14)12-18-8-3-7-17(9-5-15)10-11-18/h2,4,6H,3,5,7-12H2,1H3. The molecule has 1 aromatic rings. The summed E-state index contributed by atoms with van der Waals surface area (Å²) in [7, 11) is 1.68. The van der Waals surface area contributed by atoms with Crippen LogP contribution in [0.1, 0.15) is 12.0 Å². The van der Waals surface area contributed by atoms with E-state index in [1.165, 1.54) is 6.42 Å². The van der Waals surface area contributed by atoms with Crippen LogP contribution >= 0.6 is 11.6 Å². The van der Waals surface area contributed by atoms with Crippen LogP contribution in [-0.2, 0) is 6.54 Å². The molecule has 0 atom stereocenters. The number of rotatable bonds is 5. The van der Waals surface area contributed by atoms with Gasteiger partial charge in [-0.3, -0.25) is 4.90 Å². The van der Waals surface area contributed by atoms with E-state index in [4.69, 9.17) is 16.3 Å². The van der Waals surface area contributed by atoms with Gasteiger partial charge >= 0.3 is 0 Å². The Balaban J connectivity index is 1.92. The van der Waals surface area contributed by atoms with E-state index < -0.39 is 0 Å². The van der Waals surface area contributed by atoms with Gasteiger partial charge in [0.2, 0.25) is 5.88 Å². The summed E-state index contributed by atoms with van der Waals surface area (Å²) in [6.45, 7) is 6.34. The average molecular weight is 284 g/mol. The van der Waals surface area contributed by atoms with Gasteiger partial charge in [-0.1, -0.05) is 6.07 Å². The first-order valence-electron chi connectivity index (χ1n) is 6.82. The number of nitrogens with zero attached hydrogens (tertiary/aromatic N) is 3. The van der Waals surface area contributed by atoms with Crippen molar-refractivity contribution >= 4 is 11.6 Å². The van der Waals surface area contributed by atoms with Crippen molar-refractivity contribution in [2.45, 2.75) is 13.0 Å². The minimum Gasteiger partial charge on any atom is -0.481 e. The van der Waals surface area contributed by atoms with Crippen molar-refractivity contribution in [3.8, 4) is 5.88 Å². The predicted octanol–water partition coefficient (Wildman–Crippen LogP) is 1.84. The largest absolute Gasteiger partial charge is 0.481 e. The molecular formula is C14H22ClN3O. The van der Waals surface area contributed by atoms with Crippen LogP contribution in [0.2, 0.25) is 0 Å². The molecule has 0 radical (unpaired) electrons. The molecule has 2 rings (SSSR count). The van der Waals surface area contributed by atoms with Crippen molar-refractivity contribution in [2.75, 3.05) is 45.7 Å². The van der Waals surface area contributed by atoms with Crippen molar-refractivity contribution in [3.63, 3.8) is 0 Å². The summed E-state index contributed by atoms with van der Waals surface area (Å²) in [6.07, 6.45) is 2.96. The minimum absolute atomic E-state index is 0.719. The zero-order chi connectivity index (χ0) is 13.5. The van der Waals surface area contributed by atoms with E-state index in [9.17, 15) is 0 Å². The molecule has 0 unspecified atom stereocenters. The number of hydrogen-bond acceptors (Lipinski definition) is 4. The highest BCUT2D eigenvalue weighted by atomic mass is 35.5. The van der Waals surface area contributed by atoms with Gasteiger partial charge in [0, 0.05) is 43.8 Å². The third-order valence-electron chi connectivity index (χ3n) is 3.52. The number of alkyl halides is 1. The molecule has 1 aromatic heterocycles.